The van der Waals surface area contributed by atoms with Crippen LogP contribution in [0.5, 0.6) is 5.75 Å². The van der Waals surface area contributed by atoms with E-state index in [1.54, 1.807) is 0 Å². The molecule has 122 valence electrons. The smallest absolute Gasteiger partial charge is 0.342 e. The number of rotatable bonds is 2. The van der Waals surface area contributed by atoms with Crippen molar-refractivity contribution in [2.45, 2.75) is 0 Å². The minimum Gasteiger partial charge on any atom is -0.506 e. The molecule has 0 atom stereocenters. The van der Waals surface area contributed by atoms with Crippen LogP contribution in [0.3, 0.4) is 0 Å². The van der Waals surface area contributed by atoms with Crippen molar-refractivity contribution in [3.63, 3.8) is 0 Å². The van der Waals surface area contributed by atoms with Crippen LogP contribution in [0, 0.1) is 0 Å². The summed E-state index contributed by atoms with van der Waals surface area (Å²) in [5, 5.41) is 13.8. The van der Waals surface area contributed by atoms with Gasteiger partial charge in [-0.05, 0) is 28.0 Å². The molecule has 0 aliphatic carbocycles. The van der Waals surface area contributed by atoms with E-state index in [-0.39, 0.29) is 11.3 Å². The van der Waals surface area contributed by atoms with Crippen molar-refractivity contribution in [1.29, 1.82) is 0 Å². The van der Waals surface area contributed by atoms with Crippen LogP contribution in [0.15, 0.2) is 72.8 Å². The molecule has 0 heterocycles. The third-order valence-corrected chi connectivity index (χ3v) is 4.49. The highest BCUT2D eigenvalue weighted by Crippen LogP contribution is 2.39. The molecule has 3 nitrogen and oxygen atoms in total. The van der Waals surface area contributed by atoms with Gasteiger partial charge in [-0.1, -0.05) is 66.7 Å². The van der Waals surface area contributed by atoms with Gasteiger partial charge in [0.2, 0.25) is 0 Å². The van der Waals surface area contributed by atoms with Crippen molar-refractivity contribution in [2.24, 2.45) is 0 Å². The molecular weight excluding hydrogens is 312 g/mol. The van der Waals surface area contributed by atoms with Gasteiger partial charge in [-0.25, -0.2) is 4.79 Å². The molecule has 4 aromatic carbocycles. The van der Waals surface area contributed by atoms with Crippen LogP contribution >= 0.6 is 0 Å². The molecule has 0 radical (unpaired) electrons. The van der Waals surface area contributed by atoms with Gasteiger partial charge >= 0.3 is 5.97 Å². The summed E-state index contributed by atoms with van der Waals surface area (Å²) in [6.45, 7) is 0. The van der Waals surface area contributed by atoms with E-state index in [1.165, 1.54) is 7.11 Å². The third kappa shape index (κ3) is 2.41. The molecule has 0 aliphatic rings. The lowest BCUT2D eigenvalue weighted by Gasteiger charge is -2.13. The van der Waals surface area contributed by atoms with Crippen molar-refractivity contribution >= 4 is 27.5 Å². The third-order valence-electron chi connectivity index (χ3n) is 4.49. The Morgan fingerprint density at radius 1 is 0.760 bits per heavy atom. The second-order valence-electron chi connectivity index (χ2n) is 5.89. The molecular formula is C22H16O3. The normalized spacial score (nSPS) is 10.9. The maximum absolute atomic E-state index is 12.3. The van der Waals surface area contributed by atoms with Gasteiger partial charge in [0, 0.05) is 10.8 Å². The second kappa shape index (κ2) is 5.95. The molecule has 3 heteroatoms. The molecule has 0 amide bonds. The van der Waals surface area contributed by atoms with Crippen molar-refractivity contribution in [3.05, 3.63) is 78.4 Å². The molecule has 0 aromatic heterocycles. The van der Waals surface area contributed by atoms with Crippen LogP contribution in [0.4, 0.5) is 0 Å². The number of methoxy groups -OCH3 is 1. The van der Waals surface area contributed by atoms with Crippen molar-refractivity contribution in [3.8, 4) is 16.9 Å². The molecule has 0 saturated carbocycles. The predicted octanol–water partition coefficient (Wildman–Crippen LogP) is 5.15. The number of phenolic OH excluding ortho intramolecular Hbond substituents is 1. The number of phenols is 1. The molecule has 0 saturated heterocycles. The van der Waals surface area contributed by atoms with Crippen LogP contribution in [0.25, 0.3) is 32.7 Å². The van der Waals surface area contributed by atoms with Gasteiger partial charge in [0.05, 0.1) is 7.11 Å². The van der Waals surface area contributed by atoms with Gasteiger partial charge in [-0.15, -0.1) is 0 Å². The highest BCUT2D eigenvalue weighted by Gasteiger charge is 2.20. The number of aromatic hydroxyl groups is 1. The molecule has 0 spiro atoms. The van der Waals surface area contributed by atoms with Gasteiger partial charge in [0.1, 0.15) is 11.3 Å². The van der Waals surface area contributed by atoms with E-state index >= 15 is 0 Å². The van der Waals surface area contributed by atoms with Crippen molar-refractivity contribution in [1.82, 2.24) is 0 Å². The number of carbonyl (C=O) groups excluding carboxylic acids is 1. The summed E-state index contributed by atoms with van der Waals surface area (Å²) in [4.78, 5) is 12.3. The quantitative estimate of drug-likeness (QED) is 0.409. The first-order valence-electron chi connectivity index (χ1n) is 8.02. The van der Waals surface area contributed by atoms with Gasteiger partial charge in [0.15, 0.2) is 0 Å². The zero-order valence-corrected chi connectivity index (χ0v) is 13.7. The summed E-state index contributed by atoms with van der Waals surface area (Å²) in [5.74, 6) is -0.580. The molecule has 25 heavy (non-hydrogen) atoms. The zero-order chi connectivity index (χ0) is 17.4. The molecule has 1 N–H and O–H groups in total. The Balaban J connectivity index is 2.13. The lowest BCUT2D eigenvalue weighted by atomic mass is 9.93. The number of ether oxygens (including phenoxy) is 1. The van der Waals surface area contributed by atoms with Crippen LogP contribution in [-0.2, 0) is 4.74 Å². The highest BCUT2D eigenvalue weighted by molar-refractivity contribution is 6.20. The minimum atomic E-state index is -0.541. The van der Waals surface area contributed by atoms with Crippen LogP contribution in [-0.4, -0.2) is 18.2 Å². The molecule has 0 bridgehead atoms. The number of carbonyl (C=O) groups is 1. The Kier molecular flexibility index (Phi) is 3.62. The van der Waals surface area contributed by atoms with E-state index in [4.69, 9.17) is 4.74 Å². The topological polar surface area (TPSA) is 46.5 Å². The van der Waals surface area contributed by atoms with Crippen molar-refractivity contribution in [2.75, 3.05) is 7.11 Å². The van der Waals surface area contributed by atoms with Gasteiger partial charge in [-0.2, -0.15) is 0 Å². The lowest BCUT2D eigenvalue weighted by Crippen LogP contribution is -2.03. The van der Waals surface area contributed by atoms with Crippen LogP contribution in [0.2, 0.25) is 0 Å². The first kappa shape index (κ1) is 15.2. The number of esters is 1. The van der Waals surface area contributed by atoms with Crippen LogP contribution in [0.1, 0.15) is 10.4 Å². The fourth-order valence-electron chi connectivity index (χ4n) is 3.29. The summed E-state index contributed by atoms with van der Waals surface area (Å²) in [6, 6.07) is 23.5. The van der Waals surface area contributed by atoms with Gasteiger partial charge < -0.3 is 9.84 Å². The molecule has 4 aromatic rings. The Labute approximate surface area is 145 Å². The summed E-state index contributed by atoms with van der Waals surface area (Å²) in [7, 11) is 1.32. The van der Waals surface area contributed by atoms with E-state index in [0.29, 0.717) is 10.8 Å². The van der Waals surface area contributed by atoms with E-state index in [2.05, 4.69) is 6.07 Å². The van der Waals surface area contributed by atoms with Gasteiger partial charge in [0.25, 0.3) is 0 Å². The van der Waals surface area contributed by atoms with Crippen molar-refractivity contribution < 1.29 is 14.6 Å². The molecule has 0 fully saturated rings. The number of benzene rings is 4. The fraction of sp³-hybridized carbons (Fsp3) is 0.0455. The Morgan fingerprint density at radius 2 is 1.44 bits per heavy atom. The maximum Gasteiger partial charge on any atom is 0.342 e. The highest BCUT2D eigenvalue weighted by atomic mass is 16.5. The second-order valence-corrected chi connectivity index (χ2v) is 5.89. The number of hydrogen-bond donors (Lipinski definition) is 1. The first-order chi connectivity index (χ1) is 12.2. The monoisotopic (exact) mass is 328 g/mol. The molecule has 4 rings (SSSR count). The van der Waals surface area contributed by atoms with Crippen LogP contribution < -0.4 is 0 Å². The summed E-state index contributed by atoms with van der Waals surface area (Å²) in [5.41, 5.74) is 2.36. The van der Waals surface area contributed by atoms with E-state index in [1.807, 2.05) is 66.7 Å². The minimum absolute atomic E-state index is 0.0394. The fourth-order valence-corrected chi connectivity index (χ4v) is 3.29. The maximum atomic E-state index is 12.3. The van der Waals surface area contributed by atoms with Gasteiger partial charge in [-0.3, -0.25) is 0 Å². The standard InChI is InChI=1S/C22H16O3/c1-25-22(24)20-17-12-11-15(14-7-3-2-4-8-14)13-19(17)16-9-5-6-10-18(16)21(20)23/h2-13,23H,1H3. The average molecular weight is 328 g/mol. The average Bonchev–Trinajstić information content (AvgIpc) is 2.68. The largest absolute Gasteiger partial charge is 0.506 e. The summed E-state index contributed by atoms with van der Waals surface area (Å²) in [6.07, 6.45) is 0. The number of hydrogen-bond acceptors (Lipinski definition) is 3. The summed E-state index contributed by atoms with van der Waals surface area (Å²) >= 11 is 0. The molecule has 0 aliphatic heterocycles. The summed E-state index contributed by atoms with van der Waals surface area (Å²) < 4.78 is 4.89. The zero-order valence-electron chi connectivity index (χ0n) is 13.7. The Morgan fingerprint density at radius 3 is 2.16 bits per heavy atom. The Hall–Kier alpha value is -3.33. The lowest BCUT2D eigenvalue weighted by molar-refractivity contribution is 0.0600. The van der Waals surface area contributed by atoms with E-state index in [0.717, 1.165) is 21.9 Å². The Bertz CT molecular complexity index is 1100. The predicted molar refractivity (Wildman–Crippen MR) is 99.9 cm³/mol. The first-order valence-corrected chi connectivity index (χ1v) is 8.02. The van der Waals surface area contributed by atoms with E-state index in [9.17, 15) is 9.90 Å². The number of fused-ring (bicyclic) bond motifs is 3. The molecule has 0 unspecified atom stereocenters. The SMILES string of the molecule is COC(=O)c1c(O)c2ccccc2c2cc(-c3ccccc3)ccc12. The van der Waals surface area contributed by atoms with E-state index < -0.39 is 5.97 Å².